The number of benzene rings is 1. The predicted molar refractivity (Wildman–Crippen MR) is 61.5 cm³/mol. The van der Waals surface area contributed by atoms with E-state index in [1.54, 1.807) is 0 Å². The Labute approximate surface area is 90.6 Å². The maximum Gasteiger partial charge on any atom is 0.337 e. The van der Waals surface area contributed by atoms with Crippen LogP contribution in [0.15, 0.2) is 24.3 Å². The third kappa shape index (κ3) is 1.40. The average Bonchev–Trinajstić information content (AvgIpc) is 2.55. The minimum atomic E-state index is -0.869. The van der Waals surface area contributed by atoms with Gasteiger partial charge in [-0.2, -0.15) is 12.6 Å². The number of carbonyl (C=O) groups is 1. The van der Waals surface area contributed by atoms with Crippen molar-refractivity contribution in [3.63, 3.8) is 0 Å². The molecule has 0 spiro atoms. The first-order chi connectivity index (χ1) is 6.74. The Morgan fingerprint density at radius 3 is 2.79 bits per heavy atom. The molecule has 1 N–H and O–H groups in total. The van der Waals surface area contributed by atoms with Crippen LogP contribution in [0.2, 0.25) is 0 Å². The molecule has 0 saturated carbocycles. The molecule has 2 aromatic rings. The summed E-state index contributed by atoms with van der Waals surface area (Å²) >= 11 is 5.63. The molecule has 0 atom stereocenters. The highest BCUT2D eigenvalue weighted by Crippen LogP contribution is 2.32. The van der Waals surface area contributed by atoms with Crippen LogP contribution in [0.1, 0.15) is 15.2 Å². The number of carboxylic acids is 1. The van der Waals surface area contributed by atoms with Crippen molar-refractivity contribution >= 4 is 40.0 Å². The first-order valence-electron chi connectivity index (χ1n) is 4.08. The fraction of sp³-hybridized carbons (Fsp3) is 0.100. The number of aromatic carboxylic acids is 1. The first kappa shape index (κ1) is 9.55. The summed E-state index contributed by atoms with van der Waals surface area (Å²) in [5, 5.41) is 9.87. The molecule has 0 saturated heterocycles. The molecule has 0 aliphatic heterocycles. The van der Waals surface area contributed by atoms with E-state index in [0.717, 1.165) is 15.0 Å². The monoisotopic (exact) mass is 224 g/mol. The van der Waals surface area contributed by atoms with Crippen molar-refractivity contribution < 1.29 is 9.90 Å². The number of thiol groups is 1. The van der Waals surface area contributed by atoms with Gasteiger partial charge in [-0.05, 0) is 6.07 Å². The van der Waals surface area contributed by atoms with Gasteiger partial charge in [0.2, 0.25) is 0 Å². The molecule has 2 rings (SSSR count). The molecular weight excluding hydrogens is 216 g/mol. The Bertz CT molecular complexity index is 488. The van der Waals surface area contributed by atoms with Crippen LogP contribution in [0.3, 0.4) is 0 Å². The summed E-state index contributed by atoms with van der Waals surface area (Å²) in [5.74, 6) is -0.396. The van der Waals surface area contributed by atoms with Crippen molar-refractivity contribution in [2.75, 3.05) is 0 Å². The van der Waals surface area contributed by atoms with Crippen molar-refractivity contribution in [2.24, 2.45) is 0 Å². The number of hydrogen-bond donors (Lipinski definition) is 2. The van der Waals surface area contributed by atoms with E-state index in [0.29, 0.717) is 11.3 Å². The summed E-state index contributed by atoms with van der Waals surface area (Å²) in [4.78, 5) is 11.8. The van der Waals surface area contributed by atoms with Crippen LogP contribution in [0.4, 0.5) is 0 Å². The third-order valence-corrected chi connectivity index (χ3v) is 3.73. The minimum absolute atomic E-state index is 0.403. The molecule has 2 nitrogen and oxygen atoms in total. The molecule has 0 bridgehead atoms. The van der Waals surface area contributed by atoms with E-state index in [1.807, 2.05) is 24.3 Å². The summed E-state index contributed by atoms with van der Waals surface area (Å²) < 4.78 is 1.01. The standard InChI is InChI=1S/C10H8O2S2/c11-10(12)9-6-3-1-2-4-7(6)14-8(9)5-13/h1-4,13H,5H2,(H,11,12). The third-order valence-electron chi connectivity index (χ3n) is 2.03. The molecule has 1 aromatic carbocycles. The lowest BCUT2D eigenvalue weighted by molar-refractivity contribution is 0.0699. The molecule has 1 heterocycles. The molecule has 1 aromatic heterocycles. The Balaban J connectivity index is 2.81. The normalized spacial score (nSPS) is 10.6. The second-order valence-corrected chi connectivity index (χ2v) is 4.31. The van der Waals surface area contributed by atoms with E-state index in [2.05, 4.69) is 12.6 Å². The number of hydrogen-bond acceptors (Lipinski definition) is 3. The molecule has 0 amide bonds. The van der Waals surface area contributed by atoms with Crippen LogP contribution in [-0.4, -0.2) is 11.1 Å². The van der Waals surface area contributed by atoms with Crippen molar-refractivity contribution in [1.29, 1.82) is 0 Å². The summed E-state index contributed by atoms with van der Waals surface area (Å²) in [5.41, 5.74) is 0.403. The van der Waals surface area contributed by atoms with Crippen LogP contribution in [0, 0.1) is 0 Å². The molecule has 0 fully saturated rings. The highest BCUT2D eigenvalue weighted by atomic mass is 32.1. The van der Waals surface area contributed by atoms with Crippen molar-refractivity contribution in [3.8, 4) is 0 Å². The fourth-order valence-corrected chi connectivity index (χ4v) is 2.85. The number of thiophene rings is 1. The van der Waals surface area contributed by atoms with Crippen molar-refractivity contribution in [2.45, 2.75) is 5.75 Å². The van der Waals surface area contributed by atoms with E-state index in [1.165, 1.54) is 11.3 Å². The largest absolute Gasteiger partial charge is 0.478 e. The highest BCUT2D eigenvalue weighted by Gasteiger charge is 2.16. The minimum Gasteiger partial charge on any atom is -0.478 e. The van der Waals surface area contributed by atoms with E-state index in [4.69, 9.17) is 5.11 Å². The Morgan fingerprint density at radius 2 is 2.14 bits per heavy atom. The average molecular weight is 224 g/mol. The topological polar surface area (TPSA) is 37.3 Å². The van der Waals surface area contributed by atoms with Crippen LogP contribution >= 0.6 is 24.0 Å². The number of rotatable bonds is 2. The molecular formula is C10H8O2S2. The zero-order valence-electron chi connectivity index (χ0n) is 7.23. The van der Waals surface area contributed by atoms with Crippen LogP contribution in [-0.2, 0) is 5.75 Å². The SMILES string of the molecule is O=C(O)c1c(CS)sc2ccccc12. The van der Waals surface area contributed by atoms with Gasteiger partial charge >= 0.3 is 5.97 Å². The van der Waals surface area contributed by atoms with E-state index in [9.17, 15) is 4.79 Å². The van der Waals surface area contributed by atoms with Gasteiger partial charge in [0, 0.05) is 20.7 Å². The predicted octanol–water partition coefficient (Wildman–Crippen LogP) is 3.03. The van der Waals surface area contributed by atoms with Gasteiger partial charge in [0.05, 0.1) is 5.56 Å². The van der Waals surface area contributed by atoms with E-state index < -0.39 is 5.97 Å². The van der Waals surface area contributed by atoms with Crippen molar-refractivity contribution in [3.05, 3.63) is 34.7 Å². The summed E-state index contributed by atoms with van der Waals surface area (Å²) in [6, 6.07) is 7.53. The molecule has 0 aliphatic rings. The maximum atomic E-state index is 11.0. The highest BCUT2D eigenvalue weighted by molar-refractivity contribution is 7.79. The summed E-state index contributed by atoms with van der Waals surface area (Å²) in [7, 11) is 0. The Hall–Kier alpha value is -1.00. The molecule has 0 radical (unpaired) electrons. The summed E-state index contributed by atoms with van der Waals surface area (Å²) in [6.45, 7) is 0. The van der Waals surface area contributed by atoms with Crippen molar-refractivity contribution in [1.82, 2.24) is 0 Å². The van der Waals surface area contributed by atoms with Gasteiger partial charge in [0.1, 0.15) is 0 Å². The zero-order valence-corrected chi connectivity index (χ0v) is 8.94. The van der Waals surface area contributed by atoms with Gasteiger partial charge in [0.25, 0.3) is 0 Å². The van der Waals surface area contributed by atoms with Crippen LogP contribution < -0.4 is 0 Å². The van der Waals surface area contributed by atoms with Crippen LogP contribution in [0.25, 0.3) is 10.1 Å². The quantitative estimate of drug-likeness (QED) is 0.769. The maximum absolute atomic E-state index is 11.0. The fourth-order valence-electron chi connectivity index (χ4n) is 1.44. The van der Waals surface area contributed by atoms with Gasteiger partial charge in [-0.15, -0.1) is 11.3 Å². The Morgan fingerprint density at radius 1 is 1.43 bits per heavy atom. The lowest BCUT2D eigenvalue weighted by Gasteiger charge is -1.94. The zero-order chi connectivity index (χ0) is 10.1. The molecule has 14 heavy (non-hydrogen) atoms. The molecule has 0 unspecified atom stereocenters. The summed E-state index contributed by atoms with van der Waals surface area (Å²) in [6.07, 6.45) is 0. The smallest absolute Gasteiger partial charge is 0.337 e. The van der Waals surface area contributed by atoms with Crippen LogP contribution in [0.5, 0.6) is 0 Å². The lowest BCUT2D eigenvalue weighted by atomic mass is 10.1. The molecule has 0 aliphatic carbocycles. The molecule has 4 heteroatoms. The first-order valence-corrected chi connectivity index (χ1v) is 5.53. The second kappa shape index (κ2) is 3.63. The second-order valence-electron chi connectivity index (χ2n) is 2.86. The van der Waals surface area contributed by atoms with Gasteiger partial charge < -0.3 is 5.11 Å². The van der Waals surface area contributed by atoms with Gasteiger partial charge in [-0.1, -0.05) is 18.2 Å². The van der Waals surface area contributed by atoms with Gasteiger partial charge in [-0.25, -0.2) is 4.79 Å². The lowest BCUT2D eigenvalue weighted by Crippen LogP contribution is -1.97. The number of carboxylic acid groups (broad SMARTS) is 1. The molecule has 72 valence electrons. The van der Waals surface area contributed by atoms with Gasteiger partial charge in [-0.3, -0.25) is 0 Å². The van der Waals surface area contributed by atoms with E-state index in [-0.39, 0.29) is 0 Å². The van der Waals surface area contributed by atoms with E-state index >= 15 is 0 Å². The Kier molecular flexibility index (Phi) is 2.48. The van der Waals surface area contributed by atoms with Gasteiger partial charge in [0.15, 0.2) is 0 Å². The number of fused-ring (bicyclic) bond motifs is 1.